The van der Waals surface area contributed by atoms with Crippen LogP contribution in [0, 0.1) is 13.8 Å². The third-order valence-electron chi connectivity index (χ3n) is 2.76. The van der Waals surface area contributed by atoms with Crippen molar-refractivity contribution in [2.45, 2.75) is 13.8 Å². The maximum atomic E-state index is 6.34. The van der Waals surface area contributed by atoms with Crippen LogP contribution in [0.15, 0.2) is 24.4 Å². The fraction of sp³-hybridized carbons (Fsp3) is 0.231. The average Bonchev–Trinajstić information content (AvgIpc) is 2.66. The van der Waals surface area contributed by atoms with E-state index in [9.17, 15) is 0 Å². The Bertz CT molecular complexity index is 517. The molecule has 0 spiro atoms. The molecule has 3 heteroatoms. The molecule has 2 aromatic rings. The summed E-state index contributed by atoms with van der Waals surface area (Å²) in [5.74, 6) is 0.711. The SMILES string of the molecule is COc1ccc(C)c(-c2cc[nH]c2C)c1Cl. The summed E-state index contributed by atoms with van der Waals surface area (Å²) in [5, 5.41) is 0.671. The van der Waals surface area contributed by atoms with Crippen molar-refractivity contribution in [3.63, 3.8) is 0 Å². The van der Waals surface area contributed by atoms with E-state index in [2.05, 4.69) is 4.98 Å². The Morgan fingerprint density at radius 3 is 2.50 bits per heavy atom. The summed E-state index contributed by atoms with van der Waals surface area (Å²) < 4.78 is 5.24. The smallest absolute Gasteiger partial charge is 0.138 e. The summed E-state index contributed by atoms with van der Waals surface area (Å²) in [7, 11) is 1.63. The molecule has 0 bridgehead atoms. The minimum absolute atomic E-state index is 0.671. The summed E-state index contributed by atoms with van der Waals surface area (Å²) in [6.45, 7) is 4.08. The monoisotopic (exact) mass is 235 g/mol. The topological polar surface area (TPSA) is 25.0 Å². The lowest BCUT2D eigenvalue weighted by atomic mass is 10.0. The van der Waals surface area contributed by atoms with Gasteiger partial charge in [-0.3, -0.25) is 0 Å². The maximum absolute atomic E-state index is 6.34. The van der Waals surface area contributed by atoms with Gasteiger partial charge in [0.05, 0.1) is 12.1 Å². The zero-order valence-corrected chi connectivity index (χ0v) is 10.4. The lowest BCUT2D eigenvalue weighted by molar-refractivity contribution is 0.415. The zero-order valence-electron chi connectivity index (χ0n) is 9.60. The van der Waals surface area contributed by atoms with Crippen LogP contribution in [-0.4, -0.2) is 12.1 Å². The van der Waals surface area contributed by atoms with Gasteiger partial charge in [0.2, 0.25) is 0 Å². The summed E-state index contributed by atoms with van der Waals surface area (Å²) in [5.41, 5.74) is 4.42. The number of benzene rings is 1. The molecule has 16 heavy (non-hydrogen) atoms. The maximum Gasteiger partial charge on any atom is 0.138 e. The van der Waals surface area contributed by atoms with Crippen molar-refractivity contribution in [3.05, 3.63) is 40.7 Å². The molecular weight excluding hydrogens is 222 g/mol. The minimum atomic E-state index is 0.671. The molecule has 0 aliphatic rings. The molecule has 0 amide bonds. The Morgan fingerprint density at radius 1 is 1.19 bits per heavy atom. The van der Waals surface area contributed by atoms with Gasteiger partial charge < -0.3 is 9.72 Å². The first kappa shape index (κ1) is 11.1. The molecule has 1 aromatic carbocycles. The number of aryl methyl sites for hydroxylation is 2. The molecule has 0 fully saturated rings. The molecule has 2 rings (SSSR count). The molecule has 0 saturated heterocycles. The molecule has 1 N–H and O–H groups in total. The van der Waals surface area contributed by atoms with Gasteiger partial charge in [0.15, 0.2) is 0 Å². The number of rotatable bonds is 2. The van der Waals surface area contributed by atoms with Crippen LogP contribution in [0.1, 0.15) is 11.3 Å². The molecule has 0 aliphatic heterocycles. The van der Waals surface area contributed by atoms with E-state index < -0.39 is 0 Å². The van der Waals surface area contributed by atoms with E-state index >= 15 is 0 Å². The highest BCUT2D eigenvalue weighted by Gasteiger charge is 2.13. The van der Waals surface area contributed by atoms with E-state index in [0.717, 1.165) is 22.4 Å². The molecular formula is C13H14ClNO. The van der Waals surface area contributed by atoms with Crippen LogP contribution >= 0.6 is 11.6 Å². The van der Waals surface area contributed by atoms with E-state index in [1.54, 1.807) is 7.11 Å². The molecule has 84 valence electrons. The van der Waals surface area contributed by atoms with Crippen LogP contribution in [0.2, 0.25) is 5.02 Å². The number of aromatic amines is 1. The second kappa shape index (κ2) is 4.22. The largest absolute Gasteiger partial charge is 0.495 e. The summed E-state index contributed by atoms with van der Waals surface area (Å²) in [4.78, 5) is 3.16. The van der Waals surface area contributed by atoms with E-state index in [-0.39, 0.29) is 0 Å². The first-order chi connectivity index (χ1) is 7.65. The lowest BCUT2D eigenvalue weighted by Crippen LogP contribution is -1.90. The predicted octanol–water partition coefficient (Wildman–Crippen LogP) is 3.96. The molecule has 0 saturated carbocycles. The molecule has 0 unspecified atom stereocenters. The van der Waals surface area contributed by atoms with E-state index in [0.29, 0.717) is 10.8 Å². The van der Waals surface area contributed by atoms with Crippen LogP contribution < -0.4 is 4.74 Å². The van der Waals surface area contributed by atoms with Gasteiger partial charge in [-0.25, -0.2) is 0 Å². The number of hydrogen-bond acceptors (Lipinski definition) is 1. The number of ether oxygens (including phenoxy) is 1. The normalized spacial score (nSPS) is 10.5. The fourth-order valence-electron chi connectivity index (χ4n) is 1.87. The van der Waals surface area contributed by atoms with Gasteiger partial charge in [-0.05, 0) is 31.5 Å². The van der Waals surface area contributed by atoms with Crippen molar-refractivity contribution in [1.82, 2.24) is 4.98 Å². The molecule has 2 nitrogen and oxygen atoms in total. The van der Waals surface area contributed by atoms with Crippen LogP contribution in [0.4, 0.5) is 0 Å². The van der Waals surface area contributed by atoms with Crippen molar-refractivity contribution in [3.8, 4) is 16.9 Å². The first-order valence-electron chi connectivity index (χ1n) is 5.12. The quantitative estimate of drug-likeness (QED) is 0.838. The van der Waals surface area contributed by atoms with Crippen LogP contribution in [0.3, 0.4) is 0 Å². The second-order valence-corrected chi connectivity index (χ2v) is 4.17. The third kappa shape index (κ3) is 1.69. The Morgan fingerprint density at radius 2 is 1.94 bits per heavy atom. The average molecular weight is 236 g/mol. The van der Waals surface area contributed by atoms with E-state index in [1.165, 1.54) is 0 Å². The number of H-pyrrole nitrogens is 1. The van der Waals surface area contributed by atoms with E-state index in [1.807, 2.05) is 38.2 Å². The van der Waals surface area contributed by atoms with Gasteiger partial charge in [-0.1, -0.05) is 17.7 Å². The van der Waals surface area contributed by atoms with Gasteiger partial charge in [-0.2, -0.15) is 0 Å². The number of nitrogens with one attached hydrogen (secondary N) is 1. The first-order valence-corrected chi connectivity index (χ1v) is 5.50. The lowest BCUT2D eigenvalue weighted by Gasteiger charge is -2.11. The molecule has 0 radical (unpaired) electrons. The molecule has 0 aliphatic carbocycles. The van der Waals surface area contributed by atoms with Crippen molar-refractivity contribution in [1.29, 1.82) is 0 Å². The van der Waals surface area contributed by atoms with Gasteiger partial charge in [0.25, 0.3) is 0 Å². The summed E-state index contributed by atoms with van der Waals surface area (Å²) in [6.07, 6.45) is 1.92. The highest BCUT2D eigenvalue weighted by Crippen LogP contribution is 2.38. The zero-order chi connectivity index (χ0) is 11.7. The molecule has 1 heterocycles. The Hall–Kier alpha value is -1.41. The Balaban J connectivity index is 2.69. The van der Waals surface area contributed by atoms with E-state index in [4.69, 9.17) is 16.3 Å². The molecule has 0 atom stereocenters. The van der Waals surface area contributed by atoms with Crippen LogP contribution in [-0.2, 0) is 0 Å². The highest BCUT2D eigenvalue weighted by molar-refractivity contribution is 6.35. The van der Waals surface area contributed by atoms with Crippen molar-refractivity contribution >= 4 is 11.6 Å². The Labute approximate surface area is 100 Å². The van der Waals surface area contributed by atoms with Gasteiger partial charge in [0.1, 0.15) is 5.75 Å². The predicted molar refractivity (Wildman–Crippen MR) is 67.3 cm³/mol. The number of halogens is 1. The standard InChI is InChI=1S/C13H14ClNO/c1-8-4-5-11(16-3)13(14)12(8)10-6-7-15-9(10)2/h4-7,15H,1-3H3. The minimum Gasteiger partial charge on any atom is -0.495 e. The summed E-state index contributed by atoms with van der Waals surface area (Å²) in [6, 6.07) is 5.94. The van der Waals surface area contributed by atoms with Crippen LogP contribution in [0.25, 0.3) is 11.1 Å². The van der Waals surface area contributed by atoms with Crippen molar-refractivity contribution < 1.29 is 4.74 Å². The number of aromatic nitrogens is 1. The Kier molecular flexibility index (Phi) is 2.92. The van der Waals surface area contributed by atoms with Crippen molar-refractivity contribution in [2.75, 3.05) is 7.11 Å². The second-order valence-electron chi connectivity index (χ2n) is 3.79. The van der Waals surface area contributed by atoms with Crippen molar-refractivity contribution in [2.24, 2.45) is 0 Å². The summed E-state index contributed by atoms with van der Waals surface area (Å²) >= 11 is 6.34. The van der Waals surface area contributed by atoms with Gasteiger partial charge in [0, 0.05) is 23.0 Å². The number of hydrogen-bond donors (Lipinski definition) is 1. The molecule has 1 aromatic heterocycles. The fourth-order valence-corrected chi connectivity index (χ4v) is 2.26. The van der Waals surface area contributed by atoms with Gasteiger partial charge >= 0.3 is 0 Å². The van der Waals surface area contributed by atoms with Crippen LogP contribution in [0.5, 0.6) is 5.75 Å². The number of methoxy groups -OCH3 is 1. The van der Waals surface area contributed by atoms with Gasteiger partial charge in [-0.15, -0.1) is 0 Å². The highest BCUT2D eigenvalue weighted by atomic mass is 35.5. The third-order valence-corrected chi connectivity index (χ3v) is 3.13.